The number of rotatable bonds is 4. The third-order valence-electron chi connectivity index (χ3n) is 4.87. The van der Waals surface area contributed by atoms with Gasteiger partial charge in [-0.25, -0.2) is 0 Å². The zero-order valence-corrected chi connectivity index (χ0v) is 16.8. The maximum Gasteiger partial charge on any atom is 0.231 e. The average molecular weight is 447 g/mol. The minimum atomic E-state index is -0.0572. The third kappa shape index (κ3) is 3.21. The first-order valence-electron chi connectivity index (χ1n) is 9.03. The van der Waals surface area contributed by atoms with Gasteiger partial charge in [0.05, 0.1) is 11.3 Å². The van der Waals surface area contributed by atoms with Crippen LogP contribution < -0.4 is 9.47 Å². The van der Waals surface area contributed by atoms with Crippen LogP contribution in [0.4, 0.5) is 0 Å². The van der Waals surface area contributed by atoms with Gasteiger partial charge in [-0.2, -0.15) is 0 Å². The normalized spacial score (nSPS) is 12.2. The summed E-state index contributed by atoms with van der Waals surface area (Å²) < 4.78 is 11.9. The minimum Gasteiger partial charge on any atom is -0.454 e. The number of nitrogens with zero attached hydrogens (tertiary/aromatic N) is 1. The number of aromatic amines is 1. The van der Waals surface area contributed by atoms with Crippen molar-refractivity contribution in [1.29, 1.82) is 0 Å². The molecule has 0 fully saturated rings. The molecule has 0 unspecified atom stereocenters. The van der Waals surface area contributed by atoms with E-state index in [1.165, 1.54) is 0 Å². The molecule has 0 radical (unpaired) electrons. The van der Waals surface area contributed by atoms with Crippen LogP contribution in [0.5, 0.6) is 11.5 Å². The molecule has 2 aromatic carbocycles. The number of halogens is 1. The lowest BCUT2D eigenvalue weighted by Crippen LogP contribution is -2.04. The van der Waals surface area contributed by atoms with Crippen LogP contribution in [-0.2, 0) is 0 Å². The SMILES string of the molecule is O=C(c1ccc(Br)cc1)c1c(-c2ccc3c(c2)OCO3)c[nH]c1-c1ccncc1. The topological polar surface area (TPSA) is 64.2 Å². The molecular weight excluding hydrogens is 432 g/mol. The fourth-order valence-corrected chi connectivity index (χ4v) is 3.71. The molecule has 1 aliphatic rings. The van der Waals surface area contributed by atoms with Crippen LogP contribution in [0.3, 0.4) is 0 Å². The molecule has 0 atom stereocenters. The number of H-pyrrole nitrogens is 1. The van der Waals surface area contributed by atoms with Gasteiger partial charge in [0.25, 0.3) is 0 Å². The van der Waals surface area contributed by atoms with Crippen LogP contribution in [0, 0.1) is 0 Å². The Morgan fingerprint density at radius 1 is 0.931 bits per heavy atom. The molecule has 29 heavy (non-hydrogen) atoms. The van der Waals surface area contributed by atoms with E-state index in [1.807, 2.05) is 60.8 Å². The van der Waals surface area contributed by atoms with Gasteiger partial charge in [0.2, 0.25) is 6.79 Å². The maximum absolute atomic E-state index is 13.5. The van der Waals surface area contributed by atoms with Crippen LogP contribution >= 0.6 is 15.9 Å². The van der Waals surface area contributed by atoms with Crippen molar-refractivity contribution in [3.8, 4) is 33.9 Å². The maximum atomic E-state index is 13.5. The number of aromatic nitrogens is 2. The van der Waals surface area contributed by atoms with Gasteiger partial charge >= 0.3 is 0 Å². The van der Waals surface area contributed by atoms with Crippen LogP contribution in [0.2, 0.25) is 0 Å². The number of hydrogen-bond donors (Lipinski definition) is 1. The minimum absolute atomic E-state index is 0.0572. The van der Waals surface area contributed by atoms with E-state index in [9.17, 15) is 4.79 Å². The van der Waals surface area contributed by atoms with Crippen molar-refractivity contribution >= 4 is 21.7 Å². The lowest BCUT2D eigenvalue weighted by Gasteiger charge is -2.09. The molecule has 5 rings (SSSR count). The standard InChI is InChI=1S/C23H15BrN2O3/c24-17-4-1-15(2-5-17)23(27)21-18(12-26-22(21)14-7-9-25-10-8-14)16-3-6-19-20(11-16)29-13-28-19/h1-12,26H,13H2. The lowest BCUT2D eigenvalue weighted by atomic mass is 9.94. The molecule has 0 bridgehead atoms. The second-order valence-corrected chi connectivity index (χ2v) is 7.51. The largest absolute Gasteiger partial charge is 0.454 e. The molecule has 3 heterocycles. The zero-order chi connectivity index (χ0) is 19.8. The highest BCUT2D eigenvalue weighted by atomic mass is 79.9. The molecule has 1 N–H and O–H groups in total. The molecule has 1 aliphatic heterocycles. The van der Waals surface area contributed by atoms with E-state index in [-0.39, 0.29) is 12.6 Å². The highest BCUT2D eigenvalue weighted by Gasteiger charge is 2.23. The van der Waals surface area contributed by atoms with Crippen molar-refractivity contribution in [1.82, 2.24) is 9.97 Å². The van der Waals surface area contributed by atoms with Crippen molar-refractivity contribution in [2.45, 2.75) is 0 Å². The third-order valence-corrected chi connectivity index (χ3v) is 5.39. The number of nitrogens with one attached hydrogen (secondary N) is 1. The van der Waals surface area contributed by atoms with Gasteiger partial charge in [-0.3, -0.25) is 9.78 Å². The van der Waals surface area contributed by atoms with E-state index < -0.39 is 0 Å². The molecule has 5 nitrogen and oxygen atoms in total. The summed E-state index contributed by atoms with van der Waals surface area (Å²) in [5, 5.41) is 0. The number of benzene rings is 2. The van der Waals surface area contributed by atoms with Gasteiger partial charge in [0.1, 0.15) is 0 Å². The number of fused-ring (bicyclic) bond motifs is 1. The number of ketones is 1. The Kier molecular flexibility index (Phi) is 4.41. The second-order valence-electron chi connectivity index (χ2n) is 6.59. The van der Waals surface area contributed by atoms with E-state index in [1.54, 1.807) is 12.4 Å². The summed E-state index contributed by atoms with van der Waals surface area (Å²) in [6.45, 7) is 0.207. The van der Waals surface area contributed by atoms with Gasteiger partial charge in [-0.1, -0.05) is 22.0 Å². The van der Waals surface area contributed by atoms with Crippen molar-refractivity contribution in [2.24, 2.45) is 0 Å². The lowest BCUT2D eigenvalue weighted by molar-refractivity contribution is 0.104. The van der Waals surface area contributed by atoms with Crippen LogP contribution in [-0.4, -0.2) is 22.5 Å². The molecule has 4 aromatic rings. The summed E-state index contributed by atoms with van der Waals surface area (Å²) in [5.41, 5.74) is 4.57. The van der Waals surface area contributed by atoms with Crippen molar-refractivity contribution in [2.75, 3.05) is 6.79 Å². The monoisotopic (exact) mass is 446 g/mol. The summed E-state index contributed by atoms with van der Waals surface area (Å²) in [6, 6.07) is 16.8. The van der Waals surface area contributed by atoms with Gasteiger partial charge < -0.3 is 14.5 Å². The molecule has 2 aromatic heterocycles. The number of carbonyl (C=O) groups is 1. The predicted octanol–water partition coefficient (Wildman–Crippen LogP) is 5.47. The van der Waals surface area contributed by atoms with E-state index in [0.717, 1.165) is 26.9 Å². The Morgan fingerprint density at radius 2 is 1.69 bits per heavy atom. The van der Waals surface area contributed by atoms with E-state index in [0.29, 0.717) is 22.6 Å². The Morgan fingerprint density at radius 3 is 2.48 bits per heavy atom. The number of ether oxygens (including phenoxy) is 2. The number of hydrogen-bond acceptors (Lipinski definition) is 4. The Bertz CT molecular complexity index is 1200. The quantitative estimate of drug-likeness (QED) is 0.422. The highest BCUT2D eigenvalue weighted by Crippen LogP contribution is 2.39. The Balaban J connectivity index is 1.68. The molecule has 0 saturated carbocycles. The fourth-order valence-electron chi connectivity index (χ4n) is 3.44. The van der Waals surface area contributed by atoms with Crippen LogP contribution in [0.25, 0.3) is 22.4 Å². The first-order chi connectivity index (χ1) is 14.2. The first kappa shape index (κ1) is 17.7. The number of carbonyl (C=O) groups excluding carboxylic acids is 1. The van der Waals surface area contributed by atoms with Gasteiger partial charge in [-0.05, 0) is 54.1 Å². The molecule has 6 heteroatoms. The molecule has 0 amide bonds. The van der Waals surface area contributed by atoms with Crippen LogP contribution in [0.15, 0.2) is 77.7 Å². The molecular formula is C23H15BrN2O3. The van der Waals surface area contributed by atoms with Crippen LogP contribution in [0.1, 0.15) is 15.9 Å². The van der Waals surface area contributed by atoms with E-state index in [4.69, 9.17) is 9.47 Å². The summed E-state index contributed by atoms with van der Waals surface area (Å²) in [4.78, 5) is 20.9. The van der Waals surface area contributed by atoms with Gasteiger partial charge in [-0.15, -0.1) is 0 Å². The van der Waals surface area contributed by atoms with Gasteiger partial charge in [0, 0.05) is 39.8 Å². The predicted molar refractivity (Wildman–Crippen MR) is 113 cm³/mol. The van der Waals surface area contributed by atoms with Crippen molar-refractivity contribution < 1.29 is 14.3 Å². The summed E-state index contributed by atoms with van der Waals surface area (Å²) in [7, 11) is 0. The highest BCUT2D eigenvalue weighted by molar-refractivity contribution is 9.10. The number of pyridine rings is 1. The first-order valence-corrected chi connectivity index (χ1v) is 9.82. The van der Waals surface area contributed by atoms with E-state index in [2.05, 4.69) is 25.9 Å². The van der Waals surface area contributed by atoms with Crippen molar-refractivity contribution in [3.63, 3.8) is 0 Å². The van der Waals surface area contributed by atoms with E-state index >= 15 is 0 Å². The fraction of sp³-hybridized carbons (Fsp3) is 0.0435. The average Bonchev–Trinajstić information content (AvgIpc) is 3.41. The smallest absolute Gasteiger partial charge is 0.231 e. The Hall–Kier alpha value is -3.38. The second kappa shape index (κ2) is 7.22. The summed E-state index contributed by atoms with van der Waals surface area (Å²) in [6.07, 6.45) is 5.29. The summed E-state index contributed by atoms with van der Waals surface area (Å²) >= 11 is 3.42. The molecule has 0 saturated heterocycles. The Labute approximate surface area is 175 Å². The molecule has 142 valence electrons. The zero-order valence-electron chi connectivity index (χ0n) is 15.2. The summed E-state index contributed by atoms with van der Waals surface area (Å²) in [5.74, 6) is 1.33. The van der Waals surface area contributed by atoms with Gasteiger partial charge in [0.15, 0.2) is 17.3 Å². The molecule has 0 spiro atoms. The molecule has 0 aliphatic carbocycles. The van der Waals surface area contributed by atoms with Crippen molar-refractivity contribution in [3.05, 3.63) is 88.8 Å².